The van der Waals surface area contributed by atoms with Gasteiger partial charge in [0.2, 0.25) is 11.8 Å². The summed E-state index contributed by atoms with van der Waals surface area (Å²) in [7, 11) is -2.37. The van der Waals surface area contributed by atoms with Crippen molar-refractivity contribution >= 4 is 52.9 Å². The number of nitrogens with one attached hydrogen (secondary N) is 3. The number of aryl methyl sites for hydroxylation is 2. The minimum atomic E-state index is -4.97. The normalized spacial score (nSPS) is 12.2. The van der Waals surface area contributed by atoms with Gasteiger partial charge < -0.3 is 15.1 Å². The predicted octanol–water partition coefficient (Wildman–Crippen LogP) is 2.53. The molecule has 4 amide bonds. The lowest BCUT2D eigenvalue weighted by Crippen LogP contribution is -2.57. The minimum absolute atomic E-state index is 0. The van der Waals surface area contributed by atoms with Gasteiger partial charge in [-0.05, 0) is 55.7 Å². The Kier molecular flexibility index (Phi) is 13.5. The summed E-state index contributed by atoms with van der Waals surface area (Å²) >= 11 is 0. The summed E-state index contributed by atoms with van der Waals surface area (Å²) < 4.78 is 86.0. The molecule has 0 spiro atoms. The Balaban J connectivity index is 0.00000702. The average Bonchev–Trinajstić information content (AvgIpc) is 3.02. The van der Waals surface area contributed by atoms with Crippen molar-refractivity contribution in [1.82, 2.24) is 34.7 Å². The molecule has 0 aliphatic rings. The van der Waals surface area contributed by atoms with Crippen LogP contribution in [0.2, 0.25) is 0 Å². The Morgan fingerprint density at radius 2 is 1.02 bits per heavy atom. The summed E-state index contributed by atoms with van der Waals surface area (Å²) in [6.07, 6.45) is 4.16. The van der Waals surface area contributed by atoms with Crippen LogP contribution < -0.4 is 24.6 Å². The third-order valence-electron chi connectivity index (χ3n) is 7.12. The van der Waals surface area contributed by atoms with Gasteiger partial charge in [-0.15, -0.1) is 0 Å². The molecule has 2 heterocycles. The Labute approximate surface area is 297 Å². The van der Waals surface area contributed by atoms with Gasteiger partial charge in [-0.3, -0.25) is 9.59 Å². The Morgan fingerprint density at radius 1 is 0.667 bits per heavy atom. The van der Waals surface area contributed by atoms with Gasteiger partial charge in [-0.1, -0.05) is 0 Å². The summed E-state index contributed by atoms with van der Waals surface area (Å²) in [6.45, 7) is 3.21. The Bertz CT molecular complexity index is 1950. The first-order chi connectivity index (χ1) is 23.5. The van der Waals surface area contributed by atoms with E-state index < -0.39 is 76.2 Å². The highest BCUT2D eigenvalue weighted by atomic mass is 32.2. The number of benzene rings is 2. The van der Waals surface area contributed by atoms with Crippen LogP contribution in [0.25, 0.3) is 0 Å². The third-order valence-corrected chi connectivity index (χ3v) is 8.17. The van der Waals surface area contributed by atoms with Gasteiger partial charge >= 0.3 is 16.2 Å². The summed E-state index contributed by atoms with van der Waals surface area (Å²) in [5.74, 6) is -4.87. The van der Waals surface area contributed by atoms with Crippen molar-refractivity contribution in [3.8, 4) is 0 Å². The van der Waals surface area contributed by atoms with E-state index in [4.69, 9.17) is 0 Å². The molecule has 2 aromatic carbocycles. The monoisotopic (exact) mass is 751 g/mol. The number of carbonyl (C=O) groups excluding carboxylic acids is 3. The first-order valence-electron chi connectivity index (χ1n) is 14.6. The molecule has 51 heavy (non-hydrogen) atoms. The van der Waals surface area contributed by atoms with Crippen molar-refractivity contribution in [2.45, 2.75) is 38.8 Å². The summed E-state index contributed by atoms with van der Waals surface area (Å²) in [4.78, 5) is 58.2. The number of nitrogens with zero attached hydrogens (tertiary/aromatic N) is 6. The Hall–Kier alpha value is -5.21. The average molecular weight is 752 g/mol. The number of amides is 4. The van der Waals surface area contributed by atoms with E-state index in [1.165, 1.54) is 38.9 Å². The second kappa shape index (κ2) is 17.1. The highest BCUT2D eigenvalue weighted by Crippen LogP contribution is 2.17. The lowest BCUT2D eigenvalue weighted by molar-refractivity contribution is -0.120. The molecule has 4 aromatic rings. The zero-order chi connectivity index (χ0) is 36.7. The standard InChI is InChI=1S/C31H31F4N9O5S.H2S/c1-17-36-13-25(14-37-17)43(3)29(45)27(9-19-5-21(32)11-22(33)6-19)40-31(47)42-50(48,49)41-28(10-20-7-23(34)12-24(35)8-20)30(46)44(4)26-15-38-18(2)39-16-26;/h5-8,11-16,27-28,41H,9-10H2,1-4H3,(H2,40,42,47);1H2/t27-,28-;/m0./s1. The van der Waals surface area contributed by atoms with E-state index in [-0.39, 0.29) is 36.0 Å². The molecule has 20 heteroatoms. The van der Waals surface area contributed by atoms with Gasteiger partial charge in [0, 0.05) is 32.6 Å². The van der Waals surface area contributed by atoms with E-state index in [2.05, 4.69) is 25.3 Å². The van der Waals surface area contributed by atoms with Crippen molar-refractivity contribution in [3.63, 3.8) is 0 Å². The predicted molar refractivity (Wildman–Crippen MR) is 182 cm³/mol. The zero-order valence-electron chi connectivity index (χ0n) is 27.5. The number of hydrogen-bond acceptors (Lipinski definition) is 9. The number of hydrogen-bond donors (Lipinski definition) is 3. The molecule has 4 rings (SSSR count). The van der Waals surface area contributed by atoms with Crippen molar-refractivity contribution in [1.29, 1.82) is 0 Å². The molecule has 2 atom stereocenters. The summed E-state index contributed by atoms with van der Waals surface area (Å²) in [6, 6.07) is 0.0331. The molecular weight excluding hydrogens is 719 g/mol. The molecule has 272 valence electrons. The molecule has 0 saturated heterocycles. The van der Waals surface area contributed by atoms with Gasteiger partial charge in [0.25, 0.3) is 0 Å². The van der Waals surface area contributed by atoms with Crippen molar-refractivity contribution in [3.05, 3.63) is 107 Å². The van der Waals surface area contributed by atoms with E-state index in [1.807, 2.05) is 4.72 Å². The number of rotatable bonds is 12. The molecular formula is C31H33F4N9O5S2. The minimum Gasteiger partial charge on any atom is -0.325 e. The van der Waals surface area contributed by atoms with Gasteiger partial charge in [0.1, 0.15) is 47.0 Å². The number of urea groups is 1. The van der Waals surface area contributed by atoms with E-state index in [9.17, 15) is 40.4 Å². The van der Waals surface area contributed by atoms with Crippen LogP contribution in [0.4, 0.5) is 33.7 Å². The van der Waals surface area contributed by atoms with Crippen LogP contribution in [0.3, 0.4) is 0 Å². The number of anilines is 2. The van der Waals surface area contributed by atoms with Crippen molar-refractivity contribution in [2.24, 2.45) is 0 Å². The van der Waals surface area contributed by atoms with Crippen LogP contribution in [0.5, 0.6) is 0 Å². The fraction of sp³-hybridized carbons (Fsp3) is 0.258. The topological polar surface area (TPSA) is 179 Å². The van der Waals surface area contributed by atoms with Gasteiger partial charge in [-0.2, -0.15) is 26.6 Å². The maximum absolute atomic E-state index is 14.0. The molecule has 0 saturated carbocycles. The maximum Gasteiger partial charge on any atom is 0.330 e. The highest BCUT2D eigenvalue weighted by Gasteiger charge is 2.32. The Morgan fingerprint density at radius 3 is 1.41 bits per heavy atom. The number of aromatic nitrogens is 4. The van der Waals surface area contributed by atoms with Crippen LogP contribution in [0, 0.1) is 37.1 Å². The van der Waals surface area contributed by atoms with Crippen LogP contribution in [0.15, 0.2) is 61.2 Å². The molecule has 2 aromatic heterocycles. The fourth-order valence-electron chi connectivity index (χ4n) is 4.67. The maximum atomic E-state index is 14.0. The molecule has 0 fully saturated rings. The van der Waals surface area contributed by atoms with Gasteiger partial charge in [0.15, 0.2) is 0 Å². The molecule has 0 bridgehead atoms. The molecule has 0 radical (unpaired) electrons. The number of carbonyl (C=O) groups is 3. The van der Waals surface area contributed by atoms with E-state index in [0.29, 0.717) is 23.8 Å². The highest BCUT2D eigenvalue weighted by molar-refractivity contribution is 7.88. The fourth-order valence-corrected chi connectivity index (χ4v) is 5.60. The quantitative estimate of drug-likeness (QED) is 0.184. The largest absolute Gasteiger partial charge is 0.330 e. The van der Waals surface area contributed by atoms with Crippen molar-refractivity contribution < 1.29 is 40.4 Å². The lowest BCUT2D eigenvalue weighted by atomic mass is 10.0. The van der Waals surface area contributed by atoms with Crippen LogP contribution in [-0.2, 0) is 32.6 Å². The van der Waals surface area contributed by atoms with Crippen LogP contribution in [0.1, 0.15) is 22.8 Å². The summed E-state index contributed by atoms with van der Waals surface area (Å²) in [5, 5.41) is 2.19. The van der Waals surface area contributed by atoms with E-state index >= 15 is 0 Å². The first kappa shape index (κ1) is 40.2. The first-order valence-corrected chi connectivity index (χ1v) is 16.1. The smallest absolute Gasteiger partial charge is 0.325 e. The number of likely N-dealkylation sites (N-methyl/N-ethyl adjacent to an activating group) is 2. The zero-order valence-corrected chi connectivity index (χ0v) is 29.3. The lowest BCUT2D eigenvalue weighted by Gasteiger charge is -2.26. The second-order valence-electron chi connectivity index (χ2n) is 11.0. The van der Waals surface area contributed by atoms with Crippen LogP contribution in [-0.4, -0.2) is 72.4 Å². The molecule has 0 aliphatic carbocycles. The summed E-state index contributed by atoms with van der Waals surface area (Å²) in [5.41, 5.74) is 0.189. The second-order valence-corrected chi connectivity index (χ2v) is 12.5. The molecule has 14 nitrogen and oxygen atoms in total. The molecule has 0 unspecified atom stereocenters. The van der Waals surface area contributed by atoms with Gasteiger partial charge in [-0.25, -0.2) is 47.0 Å². The molecule has 3 N–H and O–H groups in total. The van der Waals surface area contributed by atoms with Crippen molar-refractivity contribution in [2.75, 3.05) is 23.9 Å². The number of halogens is 4. The third kappa shape index (κ3) is 11.4. The van der Waals surface area contributed by atoms with E-state index in [1.54, 1.807) is 18.6 Å². The van der Waals surface area contributed by atoms with Gasteiger partial charge in [0.05, 0.1) is 36.2 Å². The molecule has 0 aliphatic heterocycles. The SMILES string of the molecule is Cc1ncc(N(C)C(=O)[C@H](Cc2cc(F)cc(F)c2)NC(=O)NS(=O)(=O)N[C@@H](Cc2cc(F)cc(F)c2)C(=O)N(C)c2cnc(C)nc2)cn1.S. The van der Waals surface area contributed by atoms with Crippen LogP contribution >= 0.6 is 13.5 Å². The van der Waals surface area contributed by atoms with E-state index in [0.717, 1.165) is 34.1 Å².